The molecular formula is C31H49N3O5. The van der Waals surface area contributed by atoms with E-state index in [4.69, 9.17) is 14.2 Å². The molecule has 0 aromatic heterocycles. The van der Waals surface area contributed by atoms with Crippen molar-refractivity contribution in [1.82, 2.24) is 15.1 Å². The molecule has 1 saturated carbocycles. The molecule has 0 radical (unpaired) electrons. The van der Waals surface area contributed by atoms with Crippen molar-refractivity contribution in [2.24, 2.45) is 17.8 Å². The minimum atomic E-state index is 0.0343. The predicted molar refractivity (Wildman–Crippen MR) is 152 cm³/mol. The number of nitrogens with zero attached hydrogens (tertiary/aromatic N) is 2. The van der Waals surface area contributed by atoms with Gasteiger partial charge in [-0.15, -0.1) is 0 Å². The van der Waals surface area contributed by atoms with E-state index in [1.807, 2.05) is 30.0 Å². The Morgan fingerprint density at radius 2 is 1.77 bits per heavy atom. The summed E-state index contributed by atoms with van der Waals surface area (Å²) in [4.78, 5) is 31.3. The summed E-state index contributed by atoms with van der Waals surface area (Å²) in [5.74, 6) is 2.20. The highest BCUT2D eigenvalue weighted by molar-refractivity contribution is 5.95. The molecule has 218 valence electrons. The van der Waals surface area contributed by atoms with E-state index in [2.05, 4.69) is 24.1 Å². The first-order valence-electron chi connectivity index (χ1n) is 15.0. The van der Waals surface area contributed by atoms with Crippen LogP contribution in [0.2, 0.25) is 0 Å². The summed E-state index contributed by atoms with van der Waals surface area (Å²) in [5.41, 5.74) is 1.68. The van der Waals surface area contributed by atoms with E-state index < -0.39 is 0 Å². The smallest absolute Gasteiger partial charge is 0.254 e. The summed E-state index contributed by atoms with van der Waals surface area (Å²) in [6, 6.07) is 6.23. The highest BCUT2D eigenvalue weighted by atomic mass is 16.5. The standard InChI is InChI=1S/C31H49N3O5/c1-22(2)33(31(36)25-7-6-23(3)29(17-25)39-13-5-12-37-4)20-26-18-32-19-27(26)21-34(28-8-9-28)30(35)16-24-10-14-38-15-11-24/h6-7,17,22,24,26-28,32H,5,8-16,18-21H2,1-4H3/t26-,27-/m0/s1. The maximum absolute atomic E-state index is 13.7. The Balaban J connectivity index is 1.39. The average molecular weight is 544 g/mol. The zero-order chi connectivity index (χ0) is 27.8. The van der Waals surface area contributed by atoms with Crippen LogP contribution in [0, 0.1) is 24.7 Å². The van der Waals surface area contributed by atoms with Gasteiger partial charge in [-0.1, -0.05) is 6.07 Å². The maximum Gasteiger partial charge on any atom is 0.254 e. The second-order valence-corrected chi connectivity index (χ2v) is 11.9. The number of rotatable bonds is 14. The molecule has 1 aromatic rings. The number of aryl methyl sites for hydroxylation is 1. The molecule has 0 unspecified atom stereocenters. The van der Waals surface area contributed by atoms with Gasteiger partial charge in [-0.05, 0) is 81.9 Å². The first-order chi connectivity index (χ1) is 18.9. The summed E-state index contributed by atoms with van der Waals surface area (Å²) in [6.07, 6.45) is 5.65. The highest BCUT2D eigenvalue weighted by Crippen LogP contribution is 2.32. The van der Waals surface area contributed by atoms with Crippen molar-refractivity contribution >= 4 is 11.8 Å². The molecule has 2 aliphatic heterocycles. The minimum Gasteiger partial charge on any atom is -0.493 e. The minimum absolute atomic E-state index is 0.0343. The van der Waals surface area contributed by atoms with Crippen LogP contribution < -0.4 is 10.1 Å². The number of methoxy groups -OCH3 is 1. The lowest BCUT2D eigenvalue weighted by atomic mass is 9.92. The summed E-state index contributed by atoms with van der Waals surface area (Å²) < 4.78 is 16.6. The van der Waals surface area contributed by atoms with Gasteiger partial charge in [0.2, 0.25) is 5.91 Å². The van der Waals surface area contributed by atoms with Gasteiger partial charge in [-0.3, -0.25) is 9.59 Å². The van der Waals surface area contributed by atoms with Crippen molar-refractivity contribution in [2.45, 2.75) is 71.4 Å². The third-order valence-corrected chi connectivity index (χ3v) is 8.52. The normalized spacial score (nSPS) is 21.8. The summed E-state index contributed by atoms with van der Waals surface area (Å²) in [7, 11) is 1.68. The number of carbonyl (C=O) groups excluding carboxylic acids is 2. The van der Waals surface area contributed by atoms with Crippen LogP contribution in [-0.2, 0) is 14.3 Å². The summed E-state index contributed by atoms with van der Waals surface area (Å²) in [5, 5.41) is 3.56. The molecule has 4 rings (SSSR count). The molecule has 2 saturated heterocycles. The van der Waals surface area contributed by atoms with Gasteiger partial charge in [-0.25, -0.2) is 0 Å². The van der Waals surface area contributed by atoms with Gasteiger partial charge in [0, 0.05) is 83.6 Å². The van der Waals surface area contributed by atoms with Crippen LogP contribution in [0.25, 0.3) is 0 Å². The lowest BCUT2D eigenvalue weighted by Crippen LogP contribution is -2.45. The van der Waals surface area contributed by atoms with Crippen LogP contribution in [0.4, 0.5) is 0 Å². The van der Waals surface area contributed by atoms with Crippen LogP contribution in [0.15, 0.2) is 18.2 Å². The number of ether oxygens (including phenoxy) is 3. The molecule has 39 heavy (non-hydrogen) atoms. The zero-order valence-corrected chi connectivity index (χ0v) is 24.5. The fraction of sp³-hybridized carbons (Fsp3) is 0.742. The van der Waals surface area contributed by atoms with Crippen molar-refractivity contribution in [3.8, 4) is 5.75 Å². The van der Waals surface area contributed by atoms with Gasteiger partial charge in [0.15, 0.2) is 0 Å². The van der Waals surface area contributed by atoms with E-state index in [-0.39, 0.29) is 11.9 Å². The third kappa shape index (κ3) is 8.41. The predicted octanol–water partition coefficient (Wildman–Crippen LogP) is 3.90. The second-order valence-electron chi connectivity index (χ2n) is 11.9. The Morgan fingerprint density at radius 3 is 2.44 bits per heavy atom. The van der Waals surface area contributed by atoms with Crippen LogP contribution in [0.5, 0.6) is 5.75 Å². The Kier molecular flexibility index (Phi) is 11.1. The number of amides is 2. The topological polar surface area (TPSA) is 80.3 Å². The number of carbonyl (C=O) groups is 2. The van der Waals surface area contributed by atoms with Crippen LogP contribution in [-0.4, -0.2) is 93.4 Å². The van der Waals surface area contributed by atoms with Crippen LogP contribution in [0.3, 0.4) is 0 Å². The number of benzene rings is 1. The Labute approximate surface area is 234 Å². The zero-order valence-electron chi connectivity index (χ0n) is 24.5. The molecular weight excluding hydrogens is 494 g/mol. The van der Waals surface area contributed by atoms with E-state index in [1.54, 1.807) is 7.11 Å². The molecule has 2 atom stereocenters. The number of hydrogen-bond acceptors (Lipinski definition) is 6. The van der Waals surface area contributed by atoms with Gasteiger partial charge in [0.05, 0.1) is 6.61 Å². The Bertz CT molecular complexity index is 944. The van der Waals surface area contributed by atoms with Gasteiger partial charge < -0.3 is 29.3 Å². The highest BCUT2D eigenvalue weighted by Gasteiger charge is 2.39. The molecule has 3 fully saturated rings. The lowest BCUT2D eigenvalue weighted by molar-refractivity contribution is -0.134. The SMILES string of the molecule is COCCCOc1cc(C(=O)N(C[C@@H]2CNC[C@H]2CN(C(=O)CC2CCOCC2)C2CC2)C(C)C)ccc1C. The molecule has 2 heterocycles. The lowest BCUT2D eigenvalue weighted by Gasteiger charge is -2.34. The molecule has 1 N–H and O–H groups in total. The monoisotopic (exact) mass is 543 g/mol. The maximum atomic E-state index is 13.7. The molecule has 8 nitrogen and oxygen atoms in total. The Hall–Kier alpha value is -2.16. The van der Waals surface area contributed by atoms with Crippen molar-refractivity contribution in [2.75, 3.05) is 59.7 Å². The molecule has 0 spiro atoms. The molecule has 0 bridgehead atoms. The molecule has 8 heteroatoms. The third-order valence-electron chi connectivity index (χ3n) is 8.52. The van der Waals surface area contributed by atoms with Gasteiger partial charge >= 0.3 is 0 Å². The van der Waals surface area contributed by atoms with Crippen LogP contribution >= 0.6 is 0 Å². The van der Waals surface area contributed by atoms with Crippen molar-refractivity contribution < 1.29 is 23.8 Å². The van der Waals surface area contributed by atoms with Gasteiger partial charge in [0.25, 0.3) is 5.91 Å². The molecule has 3 aliphatic rings. The van der Waals surface area contributed by atoms with Gasteiger partial charge in [0.1, 0.15) is 5.75 Å². The van der Waals surface area contributed by atoms with E-state index in [1.165, 1.54) is 0 Å². The number of nitrogens with one attached hydrogen (secondary N) is 1. The van der Waals surface area contributed by atoms with Crippen molar-refractivity contribution in [1.29, 1.82) is 0 Å². The van der Waals surface area contributed by atoms with Gasteiger partial charge in [-0.2, -0.15) is 0 Å². The summed E-state index contributed by atoms with van der Waals surface area (Å²) >= 11 is 0. The average Bonchev–Trinajstić information content (AvgIpc) is 3.67. The van der Waals surface area contributed by atoms with E-state index >= 15 is 0 Å². The largest absolute Gasteiger partial charge is 0.493 e. The fourth-order valence-electron chi connectivity index (χ4n) is 5.84. The van der Waals surface area contributed by atoms with E-state index in [9.17, 15) is 9.59 Å². The number of hydrogen-bond donors (Lipinski definition) is 1. The van der Waals surface area contributed by atoms with E-state index in [0.29, 0.717) is 61.4 Å². The van der Waals surface area contributed by atoms with E-state index in [0.717, 1.165) is 76.3 Å². The Morgan fingerprint density at radius 1 is 1.05 bits per heavy atom. The first kappa shape index (κ1) is 29.8. The van der Waals surface area contributed by atoms with Crippen molar-refractivity contribution in [3.05, 3.63) is 29.3 Å². The summed E-state index contributed by atoms with van der Waals surface area (Å²) in [6.45, 7) is 12.2. The molecule has 1 aromatic carbocycles. The quantitative estimate of drug-likeness (QED) is 0.359. The van der Waals surface area contributed by atoms with Crippen molar-refractivity contribution in [3.63, 3.8) is 0 Å². The second kappa shape index (κ2) is 14.5. The first-order valence-corrected chi connectivity index (χ1v) is 15.0. The van der Waals surface area contributed by atoms with Crippen LogP contribution in [0.1, 0.15) is 68.3 Å². The molecule has 2 amide bonds. The fourth-order valence-corrected chi connectivity index (χ4v) is 5.84. The molecule has 1 aliphatic carbocycles.